The molecule has 104 valence electrons. The van der Waals surface area contributed by atoms with Crippen LogP contribution in [0.4, 0.5) is 5.69 Å². The first kappa shape index (κ1) is 13.9. The zero-order chi connectivity index (χ0) is 14.0. The summed E-state index contributed by atoms with van der Waals surface area (Å²) in [6.45, 7) is 6.58. The summed E-state index contributed by atoms with van der Waals surface area (Å²) >= 11 is 0. The fraction of sp³-hybridized carbons (Fsp3) is 0.562. The Labute approximate surface area is 115 Å². The Bertz CT molecular complexity index is 480. The van der Waals surface area contributed by atoms with Crippen LogP contribution in [0.15, 0.2) is 18.2 Å². The van der Waals surface area contributed by atoms with Crippen molar-refractivity contribution in [2.45, 2.75) is 52.5 Å². The molecule has 0 aliphatic heterocycles. The van der Waals surface area contributed by atoms with Crippen LogP contribution >= 0.6 is 0 Å². The molecule has 0 aromatic heterocycles. The van der Waals surface area contributed by atoms with Gasteiger partial charge in [0, 0.05) is 11.7 Å². The molecule has 1 atom stereocenters. The summed E-state index contributed by atoms with van der Waals surface area (Å²) in [5.74, 6) is -0.868. The summed E-state index contributed by atoms with van der Waals surface area (Å²) in [4.78, 5) is 10.9. The Hall–Kier alpha value is -1.51. The van der Waals surface area contributed by atoms with Gasteiger partial charge in [0.05, 0.1) is 5.56 Å². The monoisotopic (exact) mass is 261 g/mol. The molecular formula is C16H23NO2. The predicted octanol–water partition coefficient (Wildman–Crippen LogP) is 4.07. The van der Waals surface area contributed by atoms with Crippen molar-refractivity contribution in [3.8, 4) is 0 Å². The van der Waals surface area contributed by atoms with Crippen LogP contribution in [0, 0.1) is 12.3 Å². The number of carbonyl (C=O) groups is 1. The van der Waals surface area contributed by atoms with Crippen molar-refractivity contribution < 1.29 is 9.90 Å². The van der Waals surface area contributed by atoms with Crippen LogP contribution in [0.1, 0.15) is 55.5 Å². The van der Waals surface area contributed by atoms with Crippen molar-refractivity contribution in [3.63, 3.8) is 0 Å². The number of benzene rings is 1. The highest BCUT2D eigenvalue weighted by Crippen LogP contribution is 2.37. The van der Waals surface area contributed by atoms with Gasteiger partial charge in [0.15, 0.2) is 0 Å². The van der Waals surface area contributed by atoms with E-state index in [-0.39, 0.29) is 0 Å². The van der Waals surface area contributed by atoms with E-state index in [9.17, 15) is 4.79 Å². The third-order valence-electron chi connectivity index (χ3n) is 4.31. The molecule has 1 aromatic carbocycles. The minimum atomic E-state index is -0.868. The van der Waals surface area contributed by atoms with Gasteiger partial charge in [0.2, 0.25) is 0 Å². The number of rotatable bonds is 3. The number of carboxylic acids is 1. The lowest BCUT2D eigenvalue weighted by molar-refractivity contribution is 0.0697. The van der Waals surface area contributed by atoms with E-state index in [0.29, 0.717) is 17.0 Å². The van der Waals surface area contributed by atoms with Gasteiger partial charge >= 0.3 is 5.97 Å². The van der Waals surface area contributed by atoms with E-state index in [4.69, 9.17) is 5.11 Å². The van der Waals surface area contributed by atoms with Crippen molar-refractivity contribution in [2.24, 2.45) is 5.41 Å². The highest BCUT2D eigenvalue weighted by molar-refractivity contribution is 5.88. The van der Waals surface area contributed by atoms with E-state index in [1.54, 1.807) is 12.1 Å². The van der Waals surface area contributed by atoms with E-state index in [1.807, 2.05) is 13.0 Å². The minimum Gasteiger partial charge on any atom is -0.478 e. The van der Waals surface area contributed by atoms with Crippen molar-refractivity contribution in [2.75, 3.05) is 5.32 Å². The normalized spacial score (nSPS) is 21.9. The maximum absolute atomic E-state index is 10.9. The Kier molecular flexibility index (Phi) is 3.83. The minimum absolute atomic E-state index is 0.302. The first-order chi connectivity index (χ1) is 8.90. The van der Waals surface area contributed by atoms with Crippen molar-refractivity contribution in [3.05, 3.63) is 29.3 Å². The fourth-order valence-electron chi connectivity index (χ4n) is 2.91. The highest BCUT2D eigenvalue weighted by Gasteiger charge is 2.32. The molecule has 0 amide bonds. The molecule has 1 saturated carbocycles. The second-order valence-corrected chi connectivity index (χ2v) is 6.27. The zero-order valence-electron chi connectivity index (χ0n) is 12.0. The summed E-state index contributed by atoms with van der Waals surface area (Å²) in [7, 11) is 0. The number of hydrogen-bond donors (Lipinski definition) is 2. The van der Waals surface area contributed by atoms with Gasteiger partial charge in [-0.05, 0) is 48.9 Å². The van der Waals surface area contributed by atoms with Gasteiger partial charge < -0.3 is 10.4 Å². The van der Waals surface area contributed by atoms with Gasteiger partial charge in [0.1, 0.15) is 0 Å². The molecule has 3 heteroatoms. The molecule has 2 rings (SSSR count). The molecule has 0 radical (unpaired) electrons. The van der Waals surface area contributed by atoms with Gasteiger partial charge in [-0.25, -0.2) is 4.79 Å². The van der Waals surface area contributed by atoms with E-state index in [1.165, 1.54) is 25.7 Å². The summed E-state index contributed by atoms with van der Waals surface area (Å²) in [5, 5.41) is 12.6. The van der Waals surface area contributed by atoms with Crippen LogP contribution in [-0.2, 0) is 0 Å². The predicted molar refractivity (Wildman–Crippen MR) is 77.8 cm³/mol. The molecule has 2 N–H and O–H groups in total. The molecule has 1 fully saturated rings. The van der Waals surface area contributed by atoms with E-state index in [0.717, 1.165) is 11.3 Å². The standard InChI is InChI=1S/C16H23NO2/c1-11-10-12(15(18)19)7-8-13(11)17-14-6-4-5-9-16(14,2)3/h7-8,10,14,17H,4-6,9H2,1-3H3,(H,18,19). The van der Waals surface area contributed by atoms with Crippen LogP contribution in [0.3, 0.4) is 0 Å². The smallest absolute Gasteiger partial charge is 0.335 e. The number of anilines is 1. The van der Waals surface area contributed by atoms with E-state index >= 15 is 0 Å². The quantitative estimate of drug-likeness (QED) is 0.862. The van der Waals surface area contributed by atoms with Gasteiger partial charge in [-0.15, -0.1) is 0 Å². The first-order valence-corrected chi connectivity index (χ1v) is 7.00. The third-order valence-corrected chi connectivity index (χ3v) is 4.31. The van der Waals surface area contributed by atoms with Crippen LogP contribution < -0.4 is 5.32 Å². The molecular weight excluding hydrogens is 238 g/mol. The Balaban J connectivity index is 2.17. The first-order valence-electron chi connectivity index (χ1n) is 7.00. The summed E-state index contributed by atoms with van der Waals surface area (Å²) < 4.78 is 0. The number of aryl methyl sites for hydroxylation is 1. The third kappa shape index (κ3) is 3.09. The maximum Gasteiger partial charge on any atom is 0.335 e. The molecule has 3 nitrogen and oxygen atoms in total. The van der Waals surface area contributed by atoms with Crippen molar-refractivity contribution >= 4 is 11.7 Å². The van der Waals surface area contributed by atoms with Gasteiger partial charge in [-0.3, -0.25) is 0 Å². The molecule has 1 aliphatic carbocycles. The molecule has 1 aliphatic rings. The number of aromatic carboxylic acids is 1. The average molecular weight is 261 g/mol. The Morgan fingerprint density at radius 1 is 1.37 bits per heavy atom. The van der Waals surface area contributed by atoms with Crippen molar-refractivity contribution in [1.29, 1.82) is 0 Å². The largest absolute Gasteiger partial charge is 0.478 e. The highest BCUT2D eigenvalue weighted by atomic mass is 16.4. The Morgan fingerprint density at radius 2 is 2.11 bits per heavy atom. The molecule has 19 heavy (non-hydrogen) atoms. The number of hydrogen-bond acceptors (Lipinski definition) is 2. The lowest BCUT2D eigenvalue weighted by atomic mass is 9.73. The summed E-state index contributed by atoms with van der Waals surface area (Å²) in [6, 6.07) is 5.77. The molecule has 0 saturated heterocycles. The lowest BCUT2D eigenvalue weighted by Gasteiger charge is -2.40. The molecule has 0 bridgehead atoms. The molecule has 0 heterocycles. The van der Waals surface area contributed by atoms with Crippen LogP contribution in [0.5, 0.6) is 0 Å². The van der Waals surface area contributed by atoms with Gasteiger partial charge in [-0.1, -0.05) is 26.7 Å². The topological polar surface area (TPSA) is 49.3 Å². The van der Waals surface area contributed by atoms with Crippen LogP contribution in [0.2, 0.25) is 0 Å². The maximum atomic E-state index is 10.9. The molecule has 1 aromatic rings. The molecule has 1 unspecified atom stereocenters. The van der Waals surface area contributed by atoms with Gasteiger partial charge in [-0.2, -0.15) is 0 Å². The van der Waals surface area contributed by atoms with Gasteiger partial charge in [0.25, 0.3) is 0 Å². The second kappa shape index (κ2) is 5.24. The SMILES string of the molecule is Cc1cc(C(=O)O)ccc1NC1CCCCC1(C)C. The Morgan fingerprint density at radius 3 is 2.68 bits per heavy atom. The summed E-state index contributed by atoms with van der Waals surface area (Å²) in [6.07, 6.45) is 5.01. The lowest BCUT2D eigenvalue weighted by Crippen LogP contribution is -2.39. The summed E-state index contributed by atoms with van der Waals surface area (Å²) in [5.41, 5.74) is 2.72. The molecule has 0 spiro atoms. The van der Waals surface area contributed by atoms with Crippen molar-refractivity contribution in [1.82, 2.24) is 0 Å². The number of carboxylic acid groups (broad SMARTS) is 1. The second-order valence-electron chi connectivity index (χ2n) is 6.27. The number of nitrogens with one attached hydrogen (secondary N) is 1. The van der Waals surface area contributed by atoms with Crippen LogP contribution in [-0.4, -0.2) is 17.1 Å². The zero-order valence-corrected chi connectivity index (χ0v) is 12.0. The van der Waals surface area contributed by atoms with E-state index in [2.05, 4.69) is 19.2 Å². The fourth-order valence-corrected chi connectivity index (χ4v) is 2.91. The van der Waals surface area contributed by atoms with E-state index < -0.39 is 5.97 Å². The van der Waals surface area contributed by atoms with Crippen LogP contribution in [0.25, 0.3) is 0 Å². The average Bonchev–Trinajstić information content (AvgIpc) is 2.33.